The van der Waals surface area contributed by atoms with Crippen molar-refractivity contribution in [2.24, 2.45) is 0 Å². The minimum absolute atomic E-state index is 0.0575. The van der Waals surface area contributed by atoms with Crippen molar-refractivity contribution < 1.29 is 13.2 Å². The van der Waals surface area contributed by atoms with Crippen LogP contribution in [0.5, 0.6) is 0 Å². The molecule has 2 heterocycles. The Morgan fingerprint density at radius 3 is 2.80 bits per heavy atom. The SMILES string of the molecule is Cc1ccsc1CN(C)S(=O)(=O)N1C[C@H](C)OC[C@H]1C. The van der Waals surface area contributed by atoms with E-state index in [1.165, 1.54) is 4.31 Å². The highest BCUT2D eigenvalue weighted by molar-refractivity contribution is 7.86. The van der Waals surface area contributed by atoms with Crippen LogP contribution < -0.4 is 0 Å². The molecule has 0 N–H and O–H groups in total. The summed E-state index contributed by atoms with van der Waals surface area (Å²) < 4.78 is 33.8. The number of ether oxygens (including phenoxy) is 1. The minimum atomic E-state index is -3.44. The molecular weight excluding hydrogens is 296 g/mol. The first-order valence-electron chi connectivity index (χ1n) is 6.70. The third-order valence-corrected chi connectivity index (χ3v) is 6.60. The molecule has 0 spiro atoms. The summed E-state index contributed by atoms with van der Waals surface area (Å²) in [6.45, 7) is 7.07. The minimum Gasteiger partial charge on any atom is -0.375 e. The van der Waals surface area contributed by atoms with Gasteiger partial charge >= 0.3 is 0 Å². The Balaban J connectivity index is 2.14. The van der Waals surface area contributed by atoms with Crippen molar-refractivity contribution in [2.45, 2.75) is 39.5 Å². The van der Waals surface area contributed by atoms with Gasteiger partial charge in [-0.15, -0.1) is 11.3 Å². The summed E-state index contributed by atoms with van der Waals surface area (Å²) in [5.74, 6) is 0. The molecule has 1 saturated heterocycles. The van der Waals surface area contributed by atoms with Crippen LogP contribution in [-0.2, 0) is 21.5 Å². The van der Waals surface area contributed by atoms with Gasteiger partial charge in [-0.25, -0.2) is 0 Å². The van der Waals surface area contributed by atoms with Crippen LogP contribution in [-0.4, -0.2) is 49.4 Å². The third kappa shape index (κ3) is 3.23. The van der Waals surface area contributed by atoms with Crippen LogP contribution in [0.3, 0.4) is 0 Å². The largest absolute Gasteiger partial charge is 0.375 e. The van der Waals surface area contributed by atoms with Gasteiger partial charge < -0.3 is 4.74 Å². The molecule has 1 aliphatic heterocycles. The molecule has 20 heavy (non-hydrogen) atoms. The fraction of sp³-hybridized carbons (Fsp3) is 0.692. The lowest BCUT2D eigenvalue weighted by Crippen LogP contribution is -2.53. The second kappa shape index (κ2) is 6.11. The lowest BCUT2D eigenvalue weighted by Gasteiger charge is -2.37. The smallest absolute Gasteiger partial charge is 0.282 e. The summed E-state index contributed by atoms with van der Waals surface area (Å²) in [6.07, 6.45) is -0.0575. The molecule has 0 saturated carbocycles. The van der Waals surface area contributed by atoms with E-state index in [9.17, 15) is 8.42 Å². The maximum Gasteiger partial charge on any atom is 0.282 e. The Kier molecular flexibility index (Phi) is 4.86. The average Bonchev–Trinajstić information content (AvgIpc) is 2.78. The van der Waals surface area contributed by atoms with Gasteiger partial charge in [-0.2, -0.15) is 17.0 Å². The average molecular weight is 318 g/mol. The van der Waals surface area contributed by atoms with Crippen LogP contribution in [0.4, 0.5) is 0 Å². The number of hydrogen-bond donors (Lipinski definition) is 0. The van der Waals surface area contributed by atoms with Crippen molar-refractivity contribution in [1.29, 1.82) is 0 Å². The highest BCUT2D eigenvalue weighted by Gasteiger charge is 2.35. The number of rotatable bonds is 4. The Hall–Kier alpha value is -0.470. The highest BCUT2D eigenvalue weighted by atomic mass is 32.2. The topological polar surface area (TPSA) is 49.9 Å². The van der Waals surface area contributed by atoms with Gasteiger partial charge in [0.05, 0.1) is 12.7 Å². The number of morpholine rings is 1. The first-order valence-corrected chi connectivity index (χ1v) is 8.97. The molecule has 1 aliphatic rings. The molecule has 0 unspecified atom stereocenters. The second-order valence-electron chi connectivity index (χ2n) is 5.35. The van der Waals surface area contributed by atoms with Crippen molar-refractivity contribution in [1.82, 2.24) is 8.61 Å². The zero-order valence-electron chi connectivity index (χ0n) is 12.4. The lowest BCUT2D eigenvalue weighted by atomic mass is 10.2. The van der Waals surface area contributed by atoms with Crippen molar-refractivity contribution in [3.8, 4) is 0 Å². The van der Waals surface area contributed by atoms with E-state index in [1.54, 1.807) is 22.7 Å². The molecule has 0 aromatic carbocycles. The number of nitrogens with zero attached hydrogens (tertiary/aromatic N) is 2. The van der Waals surface area contributed by atoms with Crippen LogP contribution in [0.1, 0.15) is 24.3 Å². The summed E-state index contributed by atoms with van der Waals surface area (Å²) in [5, 5.41) is 1.99. The van der Waals surface area contributed by atoms with E-state index < -0.39 is 10.2 Å². The van der Waals surface area contributed by atoms with E-state index in [4.69, 9.17) is 4.74 Å². The van der Waals surface area contributed by atoms with Crippen LogP contribution >= 0.6 is 11.3 Å². The number of thiophene rings is 1. The van der Waals surface area contributed by atoms with E-state index in [0.717, 1.165) is 10.4 Å². The third-order valence-electron chi connectivity index (χ3n) is 3.58. The molecule has 114 valence electrons. The fourth-order valence-electron chi connectivity index (χ4n) is 2.22. The Morgan fingerprint density at radius 1 is 1.50 bits per heavy atom. The fourth-order valence-corrected chi connectivity index (χ4v) is 4.83. The number of hydrogen-bond acceptors (Lipinski definition) is 4. The summed E-state index contributed by atoms with van der Waals surface area (Å²) >= 11 is 1.59. The van der Waals surface area contributed by atoms with Gasteiger partial charge in [-0.3, -0.25) is 0 Å². The normalized spacial score (nSPS) is 25.2. The number of aryl methyl sites for hydroxylation is 1. The van der Waals surface area contributed by atoms with E-state index in [-0.39, 0.29) is 12.1 Å². The first kappa shape index (κ1) is 15.9. The molecule has 2 atom stereocenters. The van der Waals surface area contributed by atoms with Gasteiger partial charge in [-0.1, -0.05) is 0 Å². The summed E-state index contributed by atoms with van der Waals surface area (Å²) in [7, 11) is -1.80. The van der Waals surface area contributed by atoms with E-state index in [2.05, 4.69) is 0 Å². The van der Waals surface area contributed by atoms with E-state index in [1.807, 2.05) is 32.2 Å². The van der Waals surface area contributed by atoms with Gasteiger partial charge in [0, 0.05) is 31.1 Å². The molecule has 7 heteroatoms. The van der Waals surface area contributed by atoms with Gasteiger partial charge in [0.25, 0.3) is 10.2 Å². The maximum atomic E-state index is 12.7. The summed E-state index contributed by atoms with van der Waals surface area (Å²) in [6, 6.07) is 1.89. The van der Waals surface area contributed by atoms with Gasteiger partial charge in [-0.05, 0) is 37.8 Å². The molecule has 0 aliphatic carbocycles. The Labute approximate surface area is 125 Å². The molecule has 0 radical (unpaired) electrons. The predicted octanol–water partition coefficient (Wildman–Crippen LogP) is 1.84. The van der Waals surface area contributed by atoms with Crippen LogP contribution in [0.25, 0.3) is 0 Å². The van der Waals surface area contributed by atoms with Crippen molar-refractivity contribution >= 4 is 21.5 Å². The molecule has 0 amide bonds. The molecule has 1 fully saturated rings. The van der Waals surface area contributed by atoms with Crippen molar-refractivity contribution in [3.63, 3.8) is 0 Å². The first-order chi connectivity index (χ1) is 9.32. The van der Waals surface area contributed by atoms with Gasteiger partial charge in [0.15, 0.2) is 0 Å². The maximum absolute atomic E-state index is 12.7. The van der Waals surface area contributed by atoms with Crippen LogP contribution in [0, 0.1) is 6.92 Å². The molecule has 0 bridgehead atoms. The van der Waals surface area contributed by atoms with Crippen LogP contribution in [0.15, 0.2) is 11.4 Å². The van der Waals surface area contributed by atoms with Crippen LogP contribution in [0.2, 0.25) is 0 Å². The Morgan fingerprint density at radius 2 is 2.20 bits per heavy atom. The molecule has 1 aromatic rings. The quantitative estimate of drug-likeness (QED) is 0.851. The van der Waals surface area contributed by atoms with Crippen molar-refractivity contribution in [3.05, 3.63) is 21.9 Å². The zero-order valence-corrected chi connectivity index (χ0v) is 14.0. The van der Waals surface area contributed by atoms with Gasteiger partial charge in [0.1, 0.15) is 0 Å². The van der Waals surface area contributed by atoms with Gasteiger partial charge in [0.2, 0.25) is 0 Å². The zero-order chi connectivity index (χ0) is 14.9. The summed E-state index contributed by atoms with van der Waals surface area (Å²) in [4.78, 5) is 1.09. The monoisotopic (exact) mass is 318 g/mol. The standard InChI is InChI=1S/C13H22N2O3S2/c1-10-5-6-19-13(10)8-14(4)20(16,17)15-7-12(3)18-9-11(15)2/h5-6,11-12H,7-9H2,1-4H3/t11-,12+/m1/s1. The van der Waals surface area contributed by atoms with E-state index >= 15 is 0 Å². The summed E-state index contributed by atoms with van der Waals surface area (Å²) in [5.41, 5.74) is 1.14. The highest BCUT2D eigenvalue weighted by Crippen LogP contribution is 2.22. The molecule has 5 nitrogen and oxygen atoms in total. The molecular formula is C13H22N2O3S2. The lowest BCUT2D eigenvalue weighted by molar-refractivity contribution is -0.0188. The molecule has 1 aromatic heterocycles. The van der Waals surface area contributed by atoms with Crippen molar-refractivity contribution in [2.75, 3.05) is 20.2 Å². The van der Waals surface area contributed by atoms with E-state index in [0.29, 0.717) is 19.7 Å². The predicted molar refractivity (Wildman–Crippen MR) is 81.0 cm³/mol. The molecule has 2 rings (SSSR count). The second-order valence-corrected chi connectivity index (χ2v) is 8.34. The Bertz CT molecular complexity index is 556.